The Bertz CT molecular complexity index is 984. The molecule has 0 spiro atoms. The Hall–Kier alpha value is -3.19. The van der Waals surface area contributed by atoms with Gasteiger partial charge >= 0.3 is 5.97 Å². The van der Waals surface area contributed by atoms with Crippen molar-refractivity contribution < 1.29 is 19.1 Å². The third-order valence-corrected chi connectivity index (χ3v) is 4.58. The average molecular weight is 396 g/mol. The van der Waals surface area contributed by atoms with Crippen LogP contribution in [0.4, 0.5) is 5.69 Å². The lowest BCUT2D eigenvalue weighted by Crippen LogP contribution is -2.21. The second kappa shape index (κ2) is 9.14. The Kier molecular flexibility index (Phi) is 6.39. The summed E-state index contributed by atoms with van der Waals surface area (Å²) in [6, 6.07) is 14.1. The van der Waals surface area contributed by atoms with Gasteiger partial charge in [-0.2, -0.15) is 0 Å². The van der Waals surface area contributed by atoms with Gasteiger partial charge in [0.25, 0.3) is 5.91 Å². The molecule has 0 aliphatic rings. The van der Waals surface area contributed by atoms with Crippen LogP contribution in [-0.4, -0.2) is 30.1 Å². The van der Waals surface area contributed by atoms with Gasteiger partial charge in [-0.3, -0.25) is 4.79 Å². The van der Waals surface area contributed by atoms with Crippen molar-refractivity contribution in [2.24, 2.45) is 0 Å². The first kappa shape index (κ1) is 19.6. The monoisotopic (exact) mass is 396 g/mol. The molecule has 0 saturated carbocycles. The molecular weight excluding hydrogens is 376 g/mol. The fourth-order valence-corrected chi connectivity index (χ4v) is 3.20. The smallest absolute Gasteiger partial charge is 0.342 e. The molecule has 3 rings (SSSR count). The molecule has 0 radical (unpaired) electrons. The molecule has 6 nitrogen and oxygen atoms in total. The minimum Gasteiger partial charge on any atom is -0.493 e. The normalized spacial score (nSPS) is 10.4. The predicted molar refractivity (Wildman–Crippen MR) is 109 cm³/mol. The number of amides is 1. The second-order valence-corrected chi connectivity index (χ2v) is 6.95. The SMILES string of the molecule is CCOc1ccccc1C(=O)OCC(=O)Nc1cccc(-c2csc(C)n2)c1. The number of carbonyl (C=O) groups excluding carboxylic acids is 2. The fraction of sp³-hybridized carbons (Fsp3) is 0.190. The van der Waals surface area contributed by atoms with Crippen LogP contribution in [0.3, 0.4) is 0 Å². The molecule has 1 aromatic heterocycles. The first-order valence-corrected chi connectivity index (χ1v) is 9.66. The highest BCUT2D eigenvalue weighted by atomic mass is 32.1. The Morgan fingerprint density at radius 2 is 1.96 bits per heavy atom. The van der Waals surface area contributed by atoms with E-state index in [0.717, 1.165) is 16.3 Å². The second-order valence-electron chi connectivity index (χ2n) is 5.89. The van der Waals surface area contributed by atoms with E-state index in [1.165, 1.54) is 0 Å². The van der Waals surface area contributed by atoms with E-state index in [0.29, 0.717) is 18.0 Å². The Morgan fingerprint density at radius 3 is 2.71 bits per heavy atom. The molecule has 1 amide bonds. The Labute approximate surface area is 167 Å². The molecule has 0 atom stereocenters. The number of hydrogen-bond acceptors (Lipinski definition) is 6. The Balaban J connectivity index is 1.60. The molecule has 7 heteroatoms. The van der Waals surface area contributed by atoms with Crippen molar-refractivity contribution in [3.8, 4) is 17.0 Å². The number of aromatic nitrogens is 1. The summed E-state index contributed by atoms with van der Waals surface area (Å²) in [6.45, 7) is 3.81. The summed E-state index contributed by atoms with van der Waals surface area (Å²) in [6.07, 6.45) is 0. The van der Waals surface area contributed by atoms with Gasteiger partial charge in [0.1, 0.15) is 11.3 Å². The summed E-state index contributed by atoms with van der Waals surface area (Å²) in [5.41, 5.74) is 2.67. The lowest BCUT2D eigenvalue weighted by atomic mass is 10.1. The number of benzene rings is 2. The van der Waals surface area contributed by atoms with Gasteiger partial charge in [0.15, 0.2) is 6.61 Å². The van der Waals surface area contributed by atoms with Gasteiger partial charge in [-0.15, -0.1) is 11.3 Å². The number of nitrogens with one attached hydrogen (secondary N) is 1. The van der Waals surface area contributed by atoms with Gasteiger partial charge in [-0.1, -0.05) is 24.3 Å². The quantitative estimate of drug-likeness (QED) is 0.602. The highest BCUT2D eigenvalue weighted by Crippen LogP contribution is 2.24. The molecule has 0 fully saturated rings. The summed E-state index contributed by atoms with van der Waals surface area (Å²) in [4.78, 5) is 28.9. The van der Waals surface area contributed by atoms with Gasteiger partial charge in [0.2, 0.25) is 0 Å². The largest absolute Gasteiger partial charge is 0.493 e. The zero-order valence-corrected chi connectivity index (χ0v) is 16.4. The zero-order chi connectivity index (χ0) is 19.9. The van der Waals surface area contributed by atoms with Gasteiger partial charge in [-0.05, 0) is 38.1 Å². The molecule has 144 valence electrons. The summed E-state index contributed by atoms with van der Waals surface area (Å²) >= 11 is 1.57. The first-order valence-electron chi connectivity index (χ1n) is 8.78. The van der Waals surface area contributed by atoms with Gasteiger partial charge in [0, 0.05) is 16.6 Å². The number of ether oxygens (including phenoxy) is 2. The third kappa shape index (κ3) is 4.95. The van der Waals surface area contributed by atoms with E-state index in [9.17, 15) is 9.59 Å². The molecule has 0 aliphatic carbocycles. The summed E-state index contributed by atoms with van der Waals surface area (Å²) in [7, 11) is 0. The van der Waals surface area contributed by atoms with Crippen LogP contribution in [0.25, 0.3) is 11.3 Å². The van der Waals surface area contributed by atoms with Crippen LogP contribution in [0.2, 0.25) is 0 Å². The molecule has 0 bridgehead atoms. The van der Waals surface area contributed by atoms with E-state index < -0.39 is 11.9 Å². The highest BCUT2D eigenvalue weighted by Gasteiger charge is 2.15. The van der Waals surface area contributed by atoms with Crippen LogP contribution in [-0.2, 0) is 9.53 Å². The number of carbonyl (C=O) groups is 2. The summed E-state index contributed by atoms with van der Waals surface area (Å²) < 4.78 is 10.5. The van der Waals surface area contributed by atoms with Crippen molar-refractivity contribution >= 4 is 28.9 Å². The maximum absolute atomic E-state index is 12.2. The molecule has 2 aromatic carbocycles. The number of aryl methyl sites for hydroxylation is 1. The number of esters is 1. The zero-order valence-electron chi connectivity index (χ0n) is 15.6. The molecule has 1 N–H and O–H groups in total. The van der Waals surface area contributed by atoms with Crippen LogP contribution in [0.1, 0.15) is 22.3 Å². The highest BCUT2D eigenvalue weighted by molar-refractivity contribution is 7.09. The minimum absolute atomic E-state index is 0.290. The van der Waals surface area contributed by atoms with Crippen molar-refractivity contribution in [2.45, 2.75) is 13.8 Å². The molecular formula is C21H20N2O4S. The first-order chi connectivity index (χ1) is 13.6. The summed E-state index contributed by atoms with van der Waals surface area (Å²) in [5, 5.41) is 5.68. The molecule has 0 saturated heterocycles. The number of anilines is 1. The van der Waals surface area contributed by atoms with E-state index in [2.05, 4.69) is 10.3 Å². The molecule has 1 heterocycles. The molecule has 0 unspecified atom stereocenters. The van der Waals surface area contributed by atoms with E-state index >= 15 is 0 Å². The van der Waals surface area contributed by atoms with E-state index in [4.69, 9.17) is 9.47 Å². The topological polar surface area (TPSA) is 77.5 Å². The van der Waals surface area contributed by atoms with Crippen molar-refractivity contribution in [1.82, 2.24) is 4.98 Å². The number of rotatable bonds is 7. The van der Waals surface area contributed by atoms with Crippen LogP contribution in [0, 0.1) is 6.92 Å². The molecule has 0 aliphatic heterocycles. The van der Waals surface area contributed by atoms with Gasteiger partial charge in [-0.25, -0.2) is 9.78 Å². The maximum Gasteiger partial charge on any atom is 0.342 e. The Morgan fingerprint density at radius 1 is 1.14 bits per heavy atom. The standard InChI is InChI=1S/C21H20N2O4S/c1-3-26-19-10-5-4-9-17(19)21(25)27-12-20(24)23-16-8-6-7-15(11-16)18-13-28-14(2)22-18/h4-11,13H,3,12H2,1-2H3,(H,23,24). The molecule has 3 aromatic rings. The lowest BCUT2D eigenvalue weighted by molar-refractivity contribution is -0.119. The van der Waals surface area contributed by atoms with Crippen LogP contribution >= 0.6 is 11.3 Å². The number of thiazole rings is 1. The van der Waals surface area contributed by atoms with Crippen molar-refractivity contribution in [2.75, 3.05) is 18.5 Å². The average Bonchev–Trinajstić information content (AvgIpc) is 3.13. The minimum atomic E-state index is -0.606. The van der Waals surface area contributed by atoms with Gasteiger partial charge in [0.05, 0.1) is 17.3 Å². The lowest BCUT2D eigenvalue weighted by Gasteiger charge is -2.10. The number of hydrogen-bond donors (Lipinski definition) is 1. The maximum atomic E-state index is 12.2. The van der Waals surface area contributed by atoms with Gasteiger partial charge < -0.3 is 14.8 Å². The van der Waals surface area contributed by atoms with E-state index in [1.54, 1.807) is 41.7 Å². The van der Waals surface area contributed by atoms with Crippen LogP contribution in [0.15, 0.2) is 53.9 Å². The van der Waals surface area contributed by atoms with Crippen LogP contribution < -0.4 is 10.1 Å². The predicted octanol–water partition coefficient (Wildman–Crippen LogP) is 4.31. The number of nitrogens with zero attached hydrogens (tertiary/aromatic N) is 1. The van der Waals surface area contributed by atoms with Crippen molar-refractivity contribution in [1.29, 1.82) is 0 Å². The number of para-hydroxylation sites is 1. The van der Waals surface area contributed by atoms with Crippen molar-refractivity contribution in [3.63, 3.8) is 0 Å². The summed E-state index contributed by atoms with van der Waals surface area (Å²) in [5.74, 6) is -0.596. The third-order valence-electron chi connectivity index (χ3n) is 3.80. The van der Waals surface area contributed by atoms with Crippen molar-refractivity contribution in [3.05, 3.63) is 64.5 Å². The van der Waals surface area contributed by atoms with E-state index in [-0.39, 0.29) is 12.2 Å². The van der Waals surface area contributed by atoms with Crippen LogP contribution in [0.5, 0.6) is 5.75 Å². The molecule has 28 heavy (non-hydrogen) atoms. The van der Waals surface area contributed by atoms with E-state index in [1.807, 2.05) is 37.4 Å². The fourth-order valence-electron chi connectivity index (χ4n) is 2.57.